The monoisotopic (exact) mass is 290 g/mol. The Morgan fingerprint density at radius 1 is 1.25 bits per heavy atom. The molecule has 3 atom stereocenters. The van der Waals surface area contributed by atoms with Gasteiger partial charge in [-0.15, -0.1) is 0 Å². The minimum atomic E-state index is 0.601. The fourth-order valence-electron chi connectivity index (χ4n) is 3.57. The Kier molecular flexibility index (Phi) is 4.10. The van der Waals surface area contributed by atoms with Crippen molar-refractivity contribution in [3.8, 4) is 5.75 Å². The summed E-state index contributed by atoms with van der Waals surface area (Å²) in [5.74, 6) is 2.68. The fraction of sp³-hybridized carbons (Fsp3) is 0.562. The highest BCUT2D eigenvalue weighted by atomic mass is 32.1. The maximum absolute atomic E-state index is 5.41. The predicted octanol–water partition coefficient (Wildman–Crippen LogP) is 2.85. The Hall–Kier alpha value is -1.29. The minimum absolute atomic E-state index is 0.601. The lowest BCUT2D eigenvalue weighted by molar-refractivity contribution is 0.389. The molecule has 4 heteroatoms. The van der Waals surface area contributed by atoms with Crippen LogP contribution in [0.5, 0.6) is 5.75 Å². The van der Waals surface area contributed by atoms with Crippen LogP contribution >= 0.6 is 12.2 Å². The summed E-state index contributed by atoms with van der Waals surface area (Å²) in [7, 11) is 1.68. The molecule has 0 heterocycles. The normalized spacial score (nSPS) is 27.4. The molecule has 2 aliphatic carbocycles. The van der Waals surface area contributed by atoms with Crippen LogP contribution in [0, 0.1) is 11.8 Å². The molecule has 0 spiro atoms. The standard InChI is InChI=1S/C16H22N2OS/c1-19-14-6-3-11(4-7-14)10-17-16(20)18-15-9-12-2-5-13(15)8-12/h3-4,6-7,12-13,15H,2,5,8-10H2,1H3,(H2,17,18,20)/t12-,13-,15+/m1/s1. The summed E-state index contributed by atoms with van der Waals surface area (Å²) < 4.78 is 5.15. The second-order valence-electron chi connectivity index (χ2n) is 5.96. The van der Waals surface area contributed by atoms with E-state index in [0.29, 0.717) is 6.04 Å². The van der Waals surface area contributed by atoms with Crippen LogP contribution in [-0.2, 0) is 6.54 Å². The van der Waals surface area contributed by atoms with Gasteiger partial charge in [0.05, 0.1) is 7.11 Å². The van der Waals surface area contributed by atoms with Gasteiger partial charge in [0.15, 0.2) is 5.11 Å². The van der Waals surface area contributed by atoms with E-state index in [0.717, 1.165) is 29.2 Å². The predicted molar refractivity (Wildman–Crippen MR) is 84.8 cm³/mol. The van der Waals surface area contributed by atoms with Crippen LogP contribution in [0.3, 0.4) is 0 Å². The molecule has 108 valence electrons. The van der Waals surface area contributed by atoms with Crippen LogP contribution < -0.4 is 15.4 Å². The van der Waals surface area contributed by atoms with Crippen molar-refractivity contribution in [2.24, 2.45) is 11.8 Å². The average Bonchev–Trinajstić information content (AvgIpc) is 3.08. The number of rotatable bonds is 4. The van der Waals surface area contributed by atoms with E-state index in [9.17, 15) is 0 Å². The van der Waals surface area contributed by atoms with Gasteiger partial charge in [-0.3, -0.25) is 0 Å². The second kappa shape index (κ2) is 6.00. The van der Waals surface area contributed by atoms with Crippen LogP contribution in [0.15, 0.2) is 24.3 Å². The highest BCUT2D eigenvalue weighted by Gasteiger charge is 2.39. The number of methoxy groups -OCH3 is 1. The van der Waals surface area contributed by atoms with Gasteiger partial charge in [0, 0.05) is 12.6 Å². The third-order valence-electron chi connectivity index (χ3n) is 4.67. The van der Waals surface area contributed by atoms with E-state index in [4.69, 9.17) is 17.0 Å². The molecule has 2 bridgehead atoms. The van der Waals surface area contributed by atoms with E-state index in [1.807, 2.05) is 12.1 Å². The number of thiocarbonyl (C=S) groups is 1. The first kappa shape index (κ1) is 13.7. The van der Waals surface area contributed by atoms with Crippen LogP contribution in [0.4, 0.5) is 0 Å². The van der Waals surface area contributed by atoms with Crippen molar-refractivity contribution in [2.45, 2.75) is 38.3 Å². The van der Waals surface area contributed by atoms with Crippen molar-refractivity contribution >= 4 is 17.3 Å². The lowest BCUT2D eigenvalue weighted by Gasteiger charge is -2.24. The van der Waals surface area contributed by atoms with Crippen LogP contribution in [0.25, 0.3) is 0 Å². The molecule has 3 rings (SSSR count). The van der Waals surface area contributed by atoms with Crippen molar-refractivity contribution in [1.82, 2.24) is 10.6 Å². The topological polar surface area (TPSA) is 33.3 Å². The molecule has 0 radical (unpaired) electrons. The quantitative estimate of drug-likeness (QED) is 0.836. The molecule has 1 aromatic carbocycles. The van der Waals surface area contributed by atoms with Crippen LogP contribution in [0.2, 0.25) is 0 Å². The average molecular weight is 290 g/mol. The molecule has 0 aliphatic heterocycles. The Balaban J connectivity index is 1.44. The molecule has 0 aromatic heterocycles. The SMILES string of the molecule is COc1ccc(CNC(=S)N[C@H]2C[C@@H]3CC[C@@H]2C3)cc1. The van der Waals surface area contributed by atoms with E-state index in [2.05, 4.69) is 22.8 Å². The molecule has 0 amide bonds. The molecule has 0 saturated heterocycles. The van der Waals surface area contributed by atoms with Crippen molar-refractivity contribution in [2.75, 3.05) is 7.11 Å². The number of benzene rings is 1. The van der Waals surface area contributed by atoms with Gasteiger partial charge in [0.1, 0.15) is 5.75 Å². The first-order chi connectivity index (χ1) is 9.74. The number of hydrogen-bond donors (Lipinski definition) is 2. The van der Waals surface area contributed by atoms with E-state index < -0.39 is 0 Å². The van der Waals surface area contributed by atoms with Gasteiger partial charge >= 0.3 is 0 Å². The van der Waals surface area contributed by atoms with Gasteiger partial charge in [-0.2, -0.15) is 0 Å². The first-order valence-electron chi connectivity index (χ1n) is 7.42. The smallest absolute Gasteiger partial charge is 0.166 e. The maximum Gasteiger partial charge on any atom is 0.166 e. The Labute approximate surface area is 126 Å². The van der Waals surface area contributed by atoms with Gasteiger partial charge in [-0.1, -0.05) is 18.6 Å². The molecule has 3 nitrogen and oxygen atoms in total. The number of fused-ring (bicyclic) bond motifs is 2. The van der Waals surface area contributed by atoms with E-state index in [1.54, 1.807) is 7.11 Å². The van der Waals surface area contributed by atoms with Gasteiger partial charge in [-0.25, -0.2) is 0 Å². The third-order valence-corrected chi connectivity index (χ3v) is 4.93. The molecule has 2 N–H and O–H groups in total. The largest absolute Gasteiger partial charge is 0.497 e. The summed E-state index contributed by atoms with van der Waals surface area (Å²) >= 11 is 5.41. The first-order valence-corrected chi connectivity index (χ1v) is 7.82. The third kappa shape index (κ3) is 3.06. The number of nitrogens with one attached hydrogen (secondary N) is 2. The van der Waals surface area contributed by atoms with Crippen molar-refractivity contribution in [1.29, 1.82) is 0 Å². The molecule has 20 heavy (non-hydrogen) atoms. The fourth-order valence-corrected chi connectivity index (χ4v) is 3.79. The minimum Gasteiger partial charge on any atom is -0.497 e. The highest BCUT2D eigenvalue weighted by Crippen LogP contribution is 2.44. The molecule has 0 unspecified atom stereocenters. The summed E-state index contributed by atoms with van der Waals surface area (Å²) in [4.78, 5) is 0. The molecule has 1 aromatic rings. The lowest BCUT2D eigenvalue weighted by Crippen LogP contribution is -2.43. The Bertz CT molecular complexity index is 474. The van der Waals surface area contributed by atoms with Gasteiger partial charge in [0.25, 0.3) is 0 Å². The van der Waals surface area contributed by atoms with Crippen molar-refractivity contribution in [3.05, 3.63) is 29.8 Å². The lowest BCUT2D eigenvalue weighted by atomic mass is 9.96. The van der Waals surface area contributed by atoms with Crippen LogP contribution in [0.1, 0.15) is 31.2 Å². The van der Waals surface area contributed by atoms with E-state index in [1.165, 1.54) is 31.2 Å². The Morgan fingerprint density at radius 2 is 2.05 bits per heavy atom. The van der Waals surface area contributed by atoms with E-state index >= 15 is 0 Å². The highest BCUT2D eigenvalue weighted by molar-refractivity contribution is 7.80. The van der Waals surface area contributed by atoms with E-state index in [-0.39, 0.29) is 0 Å². The number of hydrogen-bond acceptors (Lipinski definition) is 2. The molecule has 2 aliphatic rings. The molecular formula is C16H22N2OS. The molecule has 2 fully saturated rings. The van der Waals surface area contributed by atoms with Gasteiger partial charge in [-0.05, 0) is 61.0 Å². The zero-order chi connectivity index (χ0) is 13.9. The Morgan fingerprint density at radius 3 is 2.65 bits per heavy atom. The summed E-state index contributed by atoms with van der Waals surface area (Å²) in [6, 6.07) is 8.68. The maximum atomic E-state index is 5.41. The number of ether oxygens (including phenoxy) is 1. The summed E-state index contributed by atoms with van der Waals surface area (Å²) in [6.45, 7) is 0.761. The van der Waals surface area contributed by atoms with Crippen molar-refractivity contribution in [3.63, 3.8) is 0 Å². The second-order valence-corrected chi connectivity index (χ2v) is 6.36. The molecule has 2 saturated carbocycles. The molecular weight excluding hydrogens is 268 g/mol. The summed E-state index contributed by atoms with van der Waals surface area (Å²) in [5, 5.41) is 7.59. The zero-order valence-electron chi connectivity index (χ0n) is 11.9. The van der Waals surface area contributed by atoms with Crippen molar-refractivity contribution < 1.29 is 4.74 Å². The van der Waals surface area contributed by atoms with Gasteiger partial charge in [0.2, 0.25) is 0 Å². The summed E-state index contributed by atoms with van der Waals surface area (Å²) in [6.07, 6.45) is 5.51. The summed E-state index contributed by atoms with van der Waals surface area (Å²) in [5.41, 5.74) is 1.21. The van der Waals surface area contributed by atoms with Gasteiger partial charge < -0.3 is 15.4 Å². The van der Waals surface area contributed by atoms with Crippen LogP contribution in [-0.4, -0.2) is 18.3 Å². The zero-order valence-corrected chi connectivity index (χ0v) is 12.7.